The first kappa shape index (κ1) is 12.8. The van der Waals surface area contributed by atoms with Gasteiger partial charge in [0, 0.05) is 43.3 Å². The first-order valence-corrected chi connectivity index (χ1v) is 6.42. The van der Waals surface area contributed by atoms with E-state index >= 15 is 0 Å². The molecule has 1 unspecified atom stereocenters. The summed E-state index contributed by atoms with van der Waals surface area (Å²) in [5.41, 5.74) is 1.97. The van der Waals surface area contributed by atoms with Crippen molar-refractivity contribution < 1.29 is 5.11 Å². The number of nitrogens with one attached hydrogen (secondary N) is 1. The van der Waals surface area contributed by atoms with Crippen LogP contribution in [-0.2, 0) is 0 Å². The third-order valence-electron chi connectivity index (χ3n) is 3.15. The van der Waals surface area contributed by atoms with E-state index in [-0.39, 0.29) is 0 Å². The van der Waals surface area contributed by atoms with E-state index < -0.39 is 6.10 Å². The third kappa shape index (κ3) is 3.42. The molecule has 0 spiro atoms. The molecule has 1 saturated heterocycles. The highest BCUT2D eigenvalue weighted by Gasteiger charge is 2.17. The average molecular weight is 255 g/mol. The van der Waals surface area contributed by atoms with Crippen LogP contribution in [0.3, 0.4) is 0 Å². The van der Waals surface area contributed by atoms with Crippen molar-refractivity contribution in [2.45, 2.75) is 13.0 Å². The molecule has 0 aromatic heterocycles. The van der Waals surface area contributed by atoms with Crippen molar-refractivity contribution in [1.29, 1.82) is 0 Å². The maximum absolute atomic E-state index is 10.2. The van der Waals surface area contributed by atoms with Gasteiger partial charge in [-0.1, -0.05) is 29.3 Å². The van der Waals surface area contributed by atoms with Gasteiger partial charge in [-0.25, -0.2) is 0 Å². The Bertz CT molecular complexity index is 378. The molecule has 0 bridgehead atoms. The second kappa shape index (κ2) is 5.83. The van der Waals surface area contributed by atoms with Crippen molar-refractivity contribution in [3.63, 3.8) is 0 Å². The molecule has 94 valence electrons. The molecule has 2 N–H and O–H groups in total. The van der Waals surface area contributed by atoms with Gasteiger partial charge in [0.2, 0.25) is 0 Å². The number of aliphatic hydroxyl groups excluding tert-OH is 1. The van der Waals surface area contributed by atoms with Gasteiger partial charge >= 0.3 is 0 Å². The van der Waals surface area contributed by atoms with E-state index in [1.165, 1.54) is 0 Å². The largest absolute Gasteiger partial charge is 0.387 e. The maximum Gasteiger partial charge on any atom is 0.0931 e. The smallest absolute Gasteiger partial charge is 0.0931 e. The minimum Gasteiger partial charge on any atom is -0.387 e. The quantitative estimate of drug-likeness (QED) is 0.860. The maximum atomic E-state index is 10.2. The number of rotatable bonds is 3. The molecule has 17 heavy (non-hydrogen) atoms. The Morgan fingerprint density at radius 1 is 1.41 bits per heavy atom. The highest BCUT2D eigenvalue weighted by molar-refractivity contribution is 6.31. The Balaban J connectivity index is 2.02. The van der Waals surface area contributed by atoms with Crippen molar-refractivity contribution in [1.82, 2.24) is 10.2 Å². The second-order valence-electron chi connectivity index (χ2n) is 4.59. The fourth-order valence-corrected chi connectivity index (χ4v) is 2.40. The lowest BCUT2D eigenvalue weighted by molar-refractivity contribution is 0.105. The van der Waals surface area contributed by atoms with Crippen molar-refractivity contribution in [2.75, 3.05) is 32.7 Å². The van der Waals surface area contributed by atoms with Gasteiger partial charge in [0.25, 0.3) is 0 Å². The van der Waals surface area contributed by atoms with Gasteiger partial charge in [-0.05, 0) is 13.0 Å². The molecule has 0 radical (unpaired) electrons. The van der Waals surface area contributed by atoms with Gasteiger partial charge in [0.05, 0.1) is 6.10 Å². The van der Waals surface area contributed by atoms with Crippen LogP contribution < -0.4 is 5.32 Å². The lowest BCUT2D eigenvalue weighted by Crippen LogP contribution is -2.45. The van der Waals surface area contributed by atoms with E-state index in [1.807, 2.05) is 25.1 Å². The Kier molecular flexibility index (Phi) is 4.40. The summed E-state index contributed by atoms with van der Waals surface area (Å²) in [5, 5.41) is 14.2. The third-order valence-corrected chi connectivity index (χ3v) is 3.50. The lowest BCUT2D eigenvalue weighted by Gasteiger charge is -2.29. The molecule has 4 heteroatoms. The molecule has 0 amide bonds. The van der Waals surface area contributed by atoms with Crippen LogP contribution >= 0.6 is 11.6 Å². The highest BCUT2D eigenvalue weighted by atomic mass is 35.5. The molecule has 1 heterocycles. The van der Waals surface area contributed by atoms with Gasteiger partial charge < -0.3 is 10.4 Å². The molecule has 0 aliphatic carbocycles. The summed E-state index contributed by atoms with van der Waals surface area (Å²) in [6.07, 6.45) is -0.500. The van der Waals surface area contributed by atoms with E-state index in [1.54, 1.807) is 0 Å². The van der Waals surface area contributed by atoms with Crippen molar-refractivity contribution >= 4 is 11.6 Å². The Labute approximate surface area is 107 Å². The minimum atomic E-state index is -0.500. The van der Waals surface area contributed by atoms with E-state index in [9.17, 15) is 5.11 Å². The Morgan fingerprint density at radius 2 is 2.12 bits per heavy atom. The van der Waals surface area contributed by atoms with Crippen LogP contribution in [0.25, 0.3) is 0 Å². The zero-order chi connectivity index (χ0) is 12.3. The molecule has 1 aromatic carbocycles. The zero-order valence-corrected chi connectivity index (χ0v) is 10.9. The molecule has 1 aliphatic rings. The number of aliphatic hydroxyl groups is 1. The normalized spacial score (nSPS) is 19.2. The lowest BCUT2D eigenvalue weighted by atomic mass is 10.1. The van der Waals surface area contributed by atoms with E-state index in [0.29, 0.717) is 11.6 Å². The van der Waals surface area contributed by atoms with Gasteiger partial charge in [-0.2, -0.15) is 0 Å². The summed E-state index contributed by atoms with van der Waals surface area (Å²) in [4.78, 5) is 2.26. The predicted molar refractivity (Wildman–Crippen MR) is 70.5 cm³/mol. The number of benzene rings is 1. The van der Waals surface area contributed by atoms with Crippen LogP contribution in [0.5, 0.6) is 0 Å². The zero-order valence-electron chi connectivity index (χ0n) is 10.1. The van der Waals surface area contributed by atoms with Crippen LogP contribution in [0.2, 0.25) is 5.02 Å². The fourth-order valence-electron chi connectivity index (χ4n) is 2.16. The van der Waals surface area contributed by atoms with Crippen LogP contribution in [0.15, 0.2) is 18.2 Å². The van der Waals surface area contributed by atoms with Gasteiger partial charge in [-0.3, -0.25) is 4.90 Å². The summed E-state index contributed by atoms with van der Waals surface area (Å²) in [7, 11) is 0. The molecule has 2 rings (SSSR count). The molecule has 1 atom stereocenters. The minimum absolute atomic E-state index is 0.500. The Hall–Kier alpha value is -0.610. The van der Waals surface area contributed by atoms with Gasteiger partial charge in [0.15, 0.2) is 0 Å². The van der Waals surface area contributed by atoms with Crippen LogP contribution in [-0.4, -0.2) is 42.7 Å². The van der Waals surface area contributed by atoms with Crippen molar-refractivity contribution in [3.05, 3.63) is 34.3 Å². The molecular formula is C13H19ClN2O. The summed E-state index contributed by atoms with van der Waals surface area (Å²) in [5.74, 6) is 0. The molecule has 3 nitrogen and oxygen atoms in total. The molecule has 1 aliphatic heterocycles. The predicted octanol–water partition coefficient (Wildman–Crippen LogP) is 1.59. The number of piperazine rings is 1. The topological polar surface area (TPSA) is 35.5 Å². The summed E-state index contributed by atoms with van der Waals surface area (Å²) in [6.45, 7) is 6.63. The molecule has 1 fully saturated rings. The first-order valence-electron chi connectivity index (χ1n) is 6.04. The van der Waals surface area contributed by atoms with E-state index in [0.717, 1.165) is 37.3 Å². The number of hydrogen-bond donors (Lipinski definition) is 2. The average Bonchev–Trinajstić information content (AvgIpc) is 2.33. The van der Waals surface area contributed by atoms with E-state index in [2.05, 4.69) is 10.2 Å². The number of β-amino-alcohol motifs (C(OH)–C–C–N with tert-alkyl or cyclic N) is 1. The van der Waals surface area contributed by atoms with Crippen molar-refractivity contribution in [3.8, 4) is 0 Å². The SMILES string of the molecule is Cc1ccc(Cl)c(C(O)CN2CCNCC2)c1. The van der Waals surface area contributed by atoms with E-state index in [4.69, 9.17) is 11.6 Å². The summed E-state index contributed by atoms with van der Waals surface area (Å²) < 4.78 is 0. The molecular weight excluding hydrogens is 236 g/mol. The summed E-state index contributed by atoms with van der Waals surface area (Å²) >= 11 is 6.12. The van der Waals surface area contributed by atoms with Gasteiger partial charge in [0.1, 0.15) is 0 Å². The van der Waals surface area contributed by atoms with Crippen LogP contribution in [0, 0.1) is 6.92 Å². The molecule has 1 aromatic rings. The second-order valence-corrected chi connectivity index (χ2v) is 5.00. The van der Waals surface area contributed by atoms with Crippen LogP contribution in [0.1, 0.15) is 17.2 Å². The number of aryl methyl sites for hydroxylation is 1. The van der Waals surface area contributed by atoms with Crippen LogP contribution in [0.4, 0.5) is 0 Å². The number of nitrogens with zero attached hydrogens (tertiary/aromatic N) is 1. The highest BCUT2D eigenvalue weighted by Crippen LogP contribution is 2.24. The van der Waals surface area contributed by atoms with Gasteiger partial charge in [-0.15, -0.1) is 0 Å². The van der Waals surface area contributed by atoms with Crippen molar-refractivity contribution in [2.24, 2.45) is 0 Å². The number of halogens is 1. The fraction of sp³-hybridized carbons (Fsp3) is 0.538. The Morgan fingerprint density at radius 3 is 2.82 bits per heavy atom. The standard InChI is InChI=1S/C13H19ClN2O/c1-10-2-3-12(14)11(8-10)13(17)9-16-6-4-15-5-7-16/h2-3,8,13,15,17H,4-7,9H2,1H3. The number of hydrogen-bond acceptors (Lipinski definition) is 3. The monoisotopic (exact) mass is 254 g/mol. The molecule has 0 saturated carbocycles. The first-order chi connectivity index (χ1) is 8.16. The summed E-state index contributed by atoms with van der Waals surface area (Å²) in [6, 6.07) is 5.78.